The fourth-order valence-corrected chi connectivity index (χ4v) is 1.21. The highest BCUT2D eigenvalue weighted by molar-refractivity contribution is 5.95. The van der Waals surface area contributed by atoms with Gasteiger partial charge in [-0.3, -0.25) is 10.2 Å². The van der Waals surface area contributed by atoms with E-state index in [1.54, 1.807) is 24.3 Å². The van der Waals surface area contributed by atoms with Gasteiger partial charge in [-0.2, -0.15) is 0 Å². The number of nitrogen functional groups attached to an aromatic ring is 1. The van der Waals surface area contributed by atoms with Gasteiger partial charge in [-0.25, -0.2) is 0 Å². The van der Waals surface area contributed by atoms with Crippen molar-refractivity contribution >= 4 is 11.8 Å². The summed E-state index contributed by atoms with van der Waals surface area (Å²) in [5, 5.41) is 15.9. The third-order valence-corrected chi connectivity index (χ3v) is 2.01. The van der Waals surface area contributed by atoms with Crippen LogP contribution in [0.25, 0.3) is 0 Å². The minimum absolute atomic E-state index is 0. The van der Waals surface area contributed by atoms with E-state index in [0.29, 0.717) is 5.56 Å². The average Bonchev–Trinajstić information content (AvgIpc) is 2.18. The molecule has 1 rings (SSSR count). The Morgan fingerprint density at radius 3 is 2.62 bits per heavy atom. The number of carboxylic acid groups (broad SMARTS) is 1. The first kappa shape index (κ1) is 14.1. The van der Waals surface area contributed by atoms with Gasteiger partial charge in [0, 0.05) is 5.56 Å². The summed E-state index contributed by atoms with van der Waals surface area (Å²) in [7, 11) is 0. The monoisotopic (exact) mass is 223 g/mol. The van der Waals surface area contributed by atoms with Gasteiger partial charge in [0.05, 0.1) is 0 Å². The summed E-state index contributed by atoms with van der Waals surface area (Å²) < 4.78 is 0. The number of hydrogen-bond acceptors (Lipinski definition) is 3. The molecule has 0 amide bonds. The zero-order valence-corrected chi connectivity index (χ0v) is 8.10. The van der Waals surface area contributed by atoms with Crippen LogP contribution in [0.2, 0.25) is 0 Å². The van der Waals surface area contributed by atoms with E-state index in [-0.39, 0.29) is 19.7 Å². The maximum Gasteiger partial charge on any atom is 0.320 e. The fraction of sp³-hybridized carbons (Fsp3) is 0.273. The molecule has 0 saturated carbocycles. The Morgan fingerprint density at radius 1 is 1.50 bits per heavy atom. The highest BCUT2D eigenvalue weighted by Crippen LogP contribution is 2.06. The van der Waals surface area contributed by atoms with E-state index in [0.717, 1.165) is 5.56 Å². The molecule has 88 valence electrons. The third kappa shape index (κ3) is 3.70. The number of benzene rings is 1. The summed E-state index contributed by atoms with van der Waals surface area (Å²) in [6.45, 7) is 0. The van der Waals surface area contributed by atoms with E-state index in [9.17, 15) is 4.79 Å². The second-order valence-electron chi connectivity index (χ2n) is 3.26. The zero-order valence-electron chi connectivity index (χ0n) is 8.10. The topological polar surface area (TPSA) is 113 Å². The number of carbonyl (C=O) groups is 1. The number of hydrogen-bond donors (Lipinski definition) is 4. The summed E-state index contributed by atoms with van der Waals surface area (Å²) in [5.41, 5.74) is 12.0. The lowest BCUT2D eigenvalue weighted by atomic mass is 10.0. The van der Waals surface area contributed by atoms with Crippen molar-refractivity contribution in [2.45, 2.75) is 19.9 Å². The van der Waals surface area contributed by atoms with E-state index >= 15 is 0 Å². The molecular weight excluding hydrogens is 206 g/mol. The Morgan fingerprint density at radius 2 is 2.12 bits per heavy atom. The van der Waals surface area contributed by atoms with E-state index in [4.69, 9.17) is 22.0 Å². The molecular formula is C11H17N3O2. The van der Waals surface area contributed by atoms with Gasteiger partial charge >= 0.3 is 5.97 Å². The summed E-state index contributed by atoms with van der Waals surface area (Å²) in [5.74, 6) is -1.08. The van der Waals surface area contributed by atoms with Gasteiger partial charge in [-0.05, 0) is 18.1 Å². The molecule has 5 nitrogen and oxygen atoms in total. The number of carboxylic acids is 1. The smallest absolute Gasteiger partial charge is 0.320 e. The first-order valence-electron chi connectivity index (χ1n) is 4.42. The van der Waals surface area contributed by atoms with Crippen molar-refractivity contribution in [3.63, 3.8) is 0 Å². The van der Waals surface area contributed by atoms with Gasteiger partial charge in [0.2, 0.25) is 0 Å². The van der Waals surface area contributed by atoms with Crippen molar-refractivity contribution < 1.29 is 9.90 Å². The van der Waals surface area contributed by atoms with Crippen molar-refractivity contribution in [3.05, 3.63) is 35.4 Å². The van der Waals surface area contributed by atoms with E-state index in [1.807, 2.05) is 0 Å². The summed E-state index contributed by atoms with van der Waals surface area (Å²) >= 11 is 0. The lowest BCUT2D eigenvalue weighted by molar-refractivity contribution is -0.138. The molecule has 0 aliphatic carbocycles. The summed E-state index contributed by atoms with van der Waals surface area (Å²) in [6.07, 6.45) is 0.233. The van der Waals surface area contributed by atoms with Crippen LogP contribution in [0, 0.1) is 5.41 Å². The molecule has 1 aromatic rings. The molecule has 1 atom stereocenters. The SMILES string of the molecule is C.N=C(N)c1cccc(CC(N)C(=O)O)c1. The number of nitrogens with two attached hydrogens (primary N) is 2. The number of aliphatic carboxylic acids is 1. The van der Waals surface area contributed by atoms with Crippen LogP contribution in [0.1, 0.15) is 18.6 Å². The van der Waals surface area contributed by atoms with Crippen LogP contribution in [0.3, 0.4) is 0 Å². The van der Waals surface area contributed by atoms with Crippen LogP contribution in [0.4, 0.5) is 0 Å². The molecule has 0 radical (unpaired) electrons. The molecule has 0 bridgehead atoms. The molecule has 0 saturated heterocycles. The molecule has 6 N–H and O–H groups in total. The van der Waals surface area contributed by atoms with Crippen molar-refractivity contribution in [2.24, 2.45) is 11.5 Å². The largest absolute Gasteiger partial charge is 0.480 e. The van der Waals surface area contributed by atoms with Gasteiger partial charge < -0.3 is 16.6 Å². The number of nitrogens with one attached hydrogen (secondary N) is 1. The van der Waals surface area contributed by atoms with Gasteiger partial charge in [-0.1, -0.05) is 25.6 Å². The maximum atomic E-state index is 10.5. The van der Waals surface area contributed by atoms with Gasteiger partial charge in [0.15, 0.2) is 0 Å². The average molecular weight is 223 g/mol. The van der Waals surface area contributed by atoms with E-state index in [1.165, 1.54) is 0 Å². The summed E-state index contributed by atoms with van der Waals surface area (Å²) in [4.78, 5) is 10.5. The number of amidine groups is 1. The Hall–Kier alpha value is -1.88. The van der Waals surface area contributed by atoms with Crippen LogP contribution in [0.15, 0.2) is 24.3 Å². The Bertz CT molecular complexity index is 391. The first-order chi connectivity index (χ1) is 7.00. The molecule has 0 aliphatic heterocycles. The first-order valence-corrected chi connectivity index (χ1v) is 4.42. The standard InChI is InChI=1S/C10H13N3O2.CH4/c11-8(10(14)15)5-6-2-1-3-7(4-6)9(12)13;/h1-4,8H,5,11H2,(H3,12,13)(H,14,15);1H4. The second kappa shape index (κ2) is 5.87. The van der Waals surface area contributed by atoms with Crippen molar-refractivity contribution in [2.75, 3.05) is 0 Å². The molecule has 1 unspecified atom stereocenters. The van der Waals surface area contributed by atoms with E-state index in [2.05, 4.69) is 0 Å². The summed E-state index contributed by atoms with van der Waals surface area (Å²) in [6, 6.07) is 5.92. The molecule has 0 heterocycles. The van der Waals surface area contributed by atoms with Crippen LogP contribution in [-0.4, -0.2) is 23.0 Å². The molecule has 5 heteroatoms. The van der Waals surface area contributed by atoms with Gasteiger partial charge in [-0.15, -0.1) is 0 Å². The molecule has 1 aromatic carbocycles. The minimum atomic E-state index is -1.04. The van der Waals surface area contributed by atoms with Gasteiger partial charge in [0.25, 0.3) is 0 Å². The van der Waals surface area contributed by atoms with E-state index < -0.39 is 12.0 Å². The highest BCUT2D eigenvalue weighted by atomic mass is 16.4. The molecule has 0 aromatic heterocycles. The van der Waals surface area contributed by atoms with Crippen molar-refractivity contribution in [1.29, 1.82) is 5.41 Å². The fourth-order valence-electron chi connectivity index (χ4n) is 1.21. The quantitative estimate of drug-likeness (QED) is 0.441. The second-order valence-corrected chi connectivity index (χ2v) is 3.26. The predicted octanol–water partition coefficient (Wildman–Crippen LogP) is 0.561. The van der Waals surface area contributed by atoms with Crippen molar-refractivity contribution in [3.8, 4) is 0 Å². The Kier molecular flexibility index (Phi) is 5.18. The van der Waals surface area contributed by atoms with Crippen LogP contribution in [0.5, 0.6) is 0 Å². The third-order valence-electron chi connectivity index (χ3n) is 2.01. The minimum Gasteiger partial charge on any atom is -0.480 e. The highest BCUT2D eigenvalue weighted by Gasteiger charge is 2.12. The molecule has 0 aliphatic rings. The zero-order chi connectivity index (χ0) is 11.4. The van der Waals surface area contributed by atoms with Crippen LogP contribution >= 0.6 is 0 Å². The number of rotatable bonds is 4. The normalized spacial score (nSPS) is 11.3. The Labute approximate surface area is 94.6 Å². The molecule has 0 spiro atoms. The molecule has 0 fully saturated rings. The van der Waals surface area contributed by atoms with Crippen LogP contribution in [-0.2, 0) is 11.2 Å². The van der Waals surface area contributed by atoms with Gasteiger partial charge in [0.1, 0.15) is 11.9 Å². The predicted molar refractivity (Wildman–Crippen MR) is 63.5 cm³/mol. The lowest BCUT2D eigenvalue weighted by Gasteiger charge is -2.07. The van der Waals surface area contributed by atoms with Crippen LogP contribution < -0.4 is 11.5 Å². The molecule has 16 heavy (non-hydrogen) atoms. The Balaban J connectivity index is 0.00000225. The lowest BCUT2D eigenvalue weighted by Crippen LogP contribution is -2.32. The van der Waals surface area contributed by atoms with Crippen molar-refractivity contribution in [1.82, 2.24) is 0 Å². The maximum absolute atomic E-state index is 10.5.